The maximum atomic E-state index is 13.1. The number of hydrogen-bond donors (Lipinski definition) is 0. The molecule has 1 aliphatic heterocycles. The van der Waals surface area contributed by atoms with E-state index in [0.29, 0.717) is 37.1 Å². The molecule has 5 rings (SSSR count). The Morgan fingerprint density at radius 3 is 2.35 bits per heavy atom. The van der Waals surface area contributed by atoms with Crippen LogP contribution in [0.5, 0.6) is 0 Å². The van der Waals surface area contributed by atoms with Crippen LogP contribution < -0.4 is 5.63 Å². The molecule has 1 saturated carbocycles. The normalized spacial score (nSPS) is 20.7. The first-order valence-corrected chi connectivity index (χ1v) is 10.4. The number of rotatable bonds is 3. The molecule has 0 N–H and O–H groups in total. The van der Waals surface area contributed by atoms with Crippen molar-refractivity contribution in [2.75, 3.05) is 26.2 Å². The van der Waals surface area contributed by atoms with E-state index in [2.05, 4.69) is 0 Å². The van der Waals surface area contributed by atoms with Crippen molar-refractivity contribution in [3.05, 3.63) is 82.0 Å². The van der Waals surface area contributed by atoms with E-state index in [1.165, 1.54) is 12.1 Å². The second kappa shape index (κ2) is 7.65. The molecule has 6 nitrogen and oxygen atoms in total. The predicted molar refractivity (Wildman–Crippen MR) is 112 cm³/mol. The zero-order valence-electron chi connectivity index (χ0n) is 16.8. The lowest BCUT2D eigenvalue weighted by molar-refractivity contribution is -0.134. The summed E-state index contributed by atoms with van der Waals surface area (Å²) in [4.78, 5) is 41.4. The first kappa shape index (κ1) is 19.5. The zero-order chi connectivity index (χ0) is 21.5. The van der Waals surface area contributed by atoms with E-state index in [1.807, 2.05) is 6.07 Å². The first-order chi connectivity index (χ1) is 15.0. The van der Waals surface area contributed by atoms with Gasteiger partial charge in [-0.05, 0) is 42.2 Å². The molecule has 1 aromatic heterocycles. The van der Waals surface area contributed by atoms with Crippen LogP contribution in [0.25, 0.3) is 11.0 Å². The quantitative estimate of drug-likeness (QED) is 0.611. The van der Waals surface area contributed by atoms with E-state index in [-0.39, 0.29) is 35.0 Å². The summed E-state index contributed by atoms with van der Waals surface area (Å²) in [6.07, 6.45) is 0.766. The van der Waals surface area contributed by atoms with Crippen LogP contribution in [0, 0.1) is 11.7 Å². The van der Waals surface area contributed by atoms with Gasteiger partial charge in [-0.3, -0.25) is 9.59 Å². The number of benzene rings is 2. The molecule has 1 saturated heterocycles. The lowest BCUT2D eigenvalue weighted by Gasteiger charge is -2.34. The summed E-state index contributed by atoms with van der Waals surface area (Å²) in [5.41, 5.74) is 0.788. The minimum Gasteiger partial charge on any atom is -0.422 e. The second-order valence-corrected chi connectivity index (χ2v) is 8.10. The number of halogens is 1. The molecule has 7 heteroatoms. The molecule has 2 amide bonds. The van der Waals surface area contributed by atoms with Crippen molar-refractivity contribution in [3.63, 3.8) is 0 Å². The van der Waals surface area contributed by atoms with Crippen LogP contribution in [0.3, 0.4) is 0 Å². The lowest BCUT2D eigenvalue weighted by Crippen LogP contribution is -2.51. The topological polar surface area (TPSA) is 70.8 Å². The van der Waals surface area contributed by atoms with Gasteiger partial charge in [0.2, 0.25) is 5.91 Å². The lowest BCUT2D eigenvalue weighted by atomic mass is 10.1. The Morgan fingerprint density at radius 1 is 0.935 bits per heavy atom. The van der Waals surface area contributed by atoms with Crippen LogP contribution in [0.1, 0.15) is 28.3 Å². The van der Waals surface area contributed by atoms with Crippen molar-refractivity contribution in [2.24, 2.45) is 5.92 Å². The first-order valence-electron chi connectivity index (χ1n) is 10.4. The number of nitrogens with zero attached hydrogens (tertiary/aromatic N) is 2. The van der Waals surface area contributed by atoms with Crippen molar-refractivity contribution in [1.29, 1.82) is 0 Å². The standard InChI is InChI=1S/C24H21FN2O4/c25-17-7-5-15(6-8-17)18-14-19(18)22(28)26-9-11-27(12-10-26)23(29)20-13-16-3-1-2-4-21(16)31-24(20)30/h1-8,13,18-19H,9-12,14H2. The highest BCUT2D eigenvalue weighted by molar-refractivity contribution is 5.96. The third-order valence-electron chi connectivity index (χ3n) is 6.16. The summed E-state index contributed by atoms with van der Waals surface area (Å²) in [6.45, 7) is 1.59. The predicted octanol–water partition coefficient (Wildman–Crippen LogP) is 3.02. The zero-order valence-corrected chi connectivity index (χ0v) is 16.8. The van der Waals surface area contributed by atoms with E-state index in [1.54, 1.807) is 46.2 Å². The van der Waals surface area contributed by atoms with Crippen LogP contribution in [0.15, 0.2) is 63.8 Å². The van der Waals surface area contributed by atoms with Crippen molar-refractivity contribution >= 4 is 22.8 Å². The average molecular weight is 420 g/mol. The summed E-state index contributed by atoms with van der Waals surface area (Å²) < 4.78 is 18.4. The Morgan fingerprint density at radius 2 is 1.61 bits per heavy atom. The fourth-order valence-corrected chi connectivity index (χ4v) is 4.29. The minimum absolute atomic E-state index is 0.0112. The maximum absolute atomic E-state index is 13.1. The Hall–Kier alpha value is -3.48. The molecule has 0 radical (unpaired) electrons. The average Bonchev–Trinajstić information content (AvgIpc) is 3.59. The van der Waals surface area contributed by atoms with E-state index in [0.717, 1.165) is 12.0 Å². The molecule has 2 atom stereocenters. The van der Waals surface area contributed by atoms with Gasteiger partial charge in [-0.2, -0.15) is 0 Å². The van der Waals surface area contributed by atoms with Crippen LogP contribution >= 0.6 is 0 Å². The smallest absolute Gasteiger partial charge is 0.349 e. The number of para-hydroxylation sites is 1. The van der Waals surface area contributed by atoms with Crippen molar-refractivity contribution in [3.8, 4) is 0 Å². The number of hydrogen-bond acceptors (Lipinski definition) is 4. The molecule has 2 heterocycles. The third kappa shape index (κ3) is 3.71. The van der Waals surface area contributed by atoms with Gasteiger partial charge in [-0.15, -0.1) is 0 Å². The number of amides is 2. The molecule has 2 aliphatic rings. The highest BCUT2D eigenvalue weighted by Gasteiger charge is 2.46. The minimum atomic E-state index is -0.651. The van der Waals surface area contributed by atoms with Crippen LogP contribution in [0.4, 0.5) is 4.39 Å². The van der Waals surface area contributed by atoms with Crippen LogP contribution in [0.2, 0.25) is 0 Å². The number of carbonyl (C=O) groups is 2. The van der Waals surface area contributed by atoms with E-state index >= 15 is 0 Å². The summed E-state index contributed by atoms with van der Waals surface area (Å²) in [5, 5.41) is 0.694. The molecule has 2 fully saturated rings. The Kier molecular flexibility index (Phi) is 4.81. The largest absolute Gasteiger partial charge is 0.422 e. The molecule has 2 aromatic carbocycles. The van der Waals surface area contributed by atoms with Gasteiger partial charge in [0.25, 0.3) is 5.91 Å². The van der Waals surface area contributed by atoms with Gasteiger partial charge in [0, 0.05) is 37.5 Å². The summed E-state index contributed by atoms with van der Waals surface area (Å²) in [6, 6.07) is 14.9. The van der Waals surface area contributed by atoms with Gasteiger partial charge < -0.3 is 14.2 Å². The summed E-state index contributed by atoms with van der Waals surface area (Å²) in [5.74, 6) is -0.530. The molecule has 1 aliphatic carbocycles. The summed E-state index contributed by atoms with van der Waals surface area (Å²) >= 11 is 0. The number of piperazine rings is 1. The second-order valence-electron chi connectivity index (χ2n) is 8.10. The molecule has 158 valence electrons. The van der Waals surface area contributed by atoms with Gasteiger partial charge in [0.05, 0.1) is 0 Å². The van der Waals surface area contributed by atoms with Crippen molar-refractivity contribution < 1.29 is 18.4 Å². The van der Waals surface area contributed by atoms with Gasteiger partial charge in [0.15, 0.2) is 0 Å². The Bertz CT molecular complexity index is 1210. The van der Waals surface area contributed by atoms with Gasteiger partial charge in [-0.25, -0.2) is 9.18 Å². The highest BCUT2D eigenvalue weighted by Crippen LogP contribution is 2.48. The van der Waals surface area contributed by atoms with E-state index in [4.69, 9.17) is 4.42 Å². The monoisotopic (exact) mass is 420 g/mol. The number of carbonyl (C=O) groups excluding carboxylic acids is 2. The number of fused-ring (bicyclic) bond motifs is 1. The van der Waals surface area contributed by atoms with Gasteiger partial charge in [-0.1, -0.05) is 30.3 Å². The third-order valence-corrected chi connectivity index (χ3v) is 6.16. The molecular weight excluding hydrogens is 399 g/mol. The van der Waals surface area contributed by atoms with Crippen molar-refractivity contribution in [2.45, 2.75) is 12.3 Å². The van der Waals surface area contributed by atoms with E-state index in [9.17, 15) is 18.8 Å². The fourth-order valence-electron chi connectivity index (χ4n) is 4.29. The summed E-state index contributed by atoms with van der Waals surface area (Å²) in [7, 11) is 0. The Labute approximate surface area is 177 Å². The van der Waals surface area contributed by atoms with Crippen LogP contribution in [-0.2, 0) is 4.79 Å². The van der Waals surface area contributed by atoms with Gasteiger partial charge in [0.1, 0.15) is 17.0 Å². The maximum Gasteiger partial charge on any atom is 0.349 e. The Balaban J connectivity index is 1.22. The molecule has 0 bridgehead atoms. The van der Waals surface area contributed by atoms with Gasteiger partial charge >= 0.3 is 5.63 Å². The molecule has 2 unspecified atom stereocenters. The fraction of sp³-hybridized carbons (Fsp3) is 0.292. The highest BCUT2D eigenvalue weighted by atomic mass is 19.1. The molecule has 31 heavy (non-hydrogen) atoms. The molecule has 3 aromatic rings. The SMILES string of the molecule is O=C(c1cc2ccccc2oc1=O)N1CCN(C(=O)C2CC2c2ccc(F)cc2)CC1. The molecule has 0 spiro atoms. The van der Waals surface area contributed by atoms with Crippen molar-refractivity contribution in [1.82, 2.24) is 9.80 Å². The van der Waals surface area contributed by atoms with Crippen LogP contribution in [-0.4, -0.2) is 47.8 Å². The van der Waals surface area contributed by atoms with E-state index < -0.39 is 5.63 Å². The molecular formula is C24H21FN2O4.